The summed E-state index contributed by atoms with van der Waals surface area (Å²) in [5.74, 6) is -3.30. The summed E-state index contributed by atoms with van der Waals surface area (Å²) in [7, 11) is -3.88. The third-order valence-electron chi connectivity index (χ3n) is 3.19. The average Bonchev–Trinajstić information content (AvgIpc) is 2.49. The lowest BCUT2D eigenvalue weighted by Gasteiger charge is -2.26. The molecule has 0 radical (unpaired) electrons. The van der Waals surface area contributed by atoms with Gasteiger partial charge in [-0.15, -0.1) is 0 Å². The first kappa shape index (κ1) is 17.4. The Bertz CT molecular complexity index is 669. The van der Waals surface area contributed by atoms with Crippen molar-refractivity contribution >= 4 is 27.3 Å². The summed E-state index contributed by atoms with van der Waals surface area (Å²) in [6.07, 6.45) is 0. The van der Waals surface area contributed by atoms with Crippen LogP contribution < -0.4 is 5.32 Å². The Morgan fingerprint density at radius 1 is 1.13 bits per heavy atom. The van der Waals surface area contributed by atoms with Crippen LogP contribution in [0.5, 0.6) is 0 Å². The molecule has 2 amide bonds. The molecular weight excluding hydrogens is 327 g/mol. The van der Waals surface area contributed by atoms with Gasteiger partial charge in [0.2, 0.25) is 11.8 Å². The highest BCUT2D eigenvalue weighted by Crippen LogP contribution is 2.08. The SMILES string of the molecule is O=C(CS(=O)(=O)CC(=O)N1CCOCC1)Nc1ccc(F)cc1. The van der Waals surface area contributed by atoms with Crippen molar-refractivity contribution < 1.29 is 27.1 Å². The predicted molar refractivity (Wildman–Crippen MR) is 81.1 cm³/mol. The van der Waals surface area contributed by atoms with Crippen molar-refractivity contribution in [3.63, 3.8) is 0 Å². The zero-order valence-corrected chi connectivity index (χ0v) is 13.1. The molecule has 1 saturated heterocycles. The molecule has 2 rings (SSSR count). The molecule has 1 aromatic carbocycles. The van der Waals surface area contributed by atoms with Crippen molar-refractivity contribution in [2.24, 2.45) is 0 Å². The fourth-order valence-electron chi connectivity index (χ4n) is 2.07. The number of anilines is 1. The van der Waals surface area contributed by atoms with Gasteiger partial charge < -0.3 is 15.0 Å². The number of benzene rings is 1. The number of hydrogen-bond donors (Lipinski definition) is 1. The van der Waals surface area contributed by atoms with Crippen LogP contribution in [0.1, 0.15) is 0 Å². The number of amides is 2. The van der Waals surface area contributed by atoms with E-state index in [9.17, 15) is 22.4 Å². The smallest absolute Gasteiger partial charge is 0.239 e. The van der Waals surface area contributed by atoms with E-state index in [4.69, 9.17) is 4.74 Å². The summed E-state index contributed by atoms with van der Waals surface area (Å²) in [5.41, 5.74) is 0.283. The molecule has 0 bridgehead atoms. The molecule has 0 aromatic heterocycles. The lowest BCUT2D eigenvalue weighted by atomic mass is 10.3. The normalized spacial score (nSPS) is 15.3. The number of carbonyl (C=O) groups is 2. The molecule has 1 fully saturated rings. The first-order valence-electron chi connectivity index (χ1n) is 6.97. The van der Waals surface area contributed by atoms with Crippen molar-refractivity contribution in [2.45, 2.75) is 0 Å². The Kier molecular flexibility index (Phi) is 5.67. The number of sulfone groups is 1. The molecule has 9 heteroatoms. The quantitative estimate of drug-likeness (QED) is 0.814. The maximum absolute atomic E-state index is 12.8. The van der Waals surface area contributed by atoms with E-state index >= 15 is 0 Å². The summed E-state index contributed by atoms with van der Waals surface area (Å²) in [5, 5.41) is 2.35. The molecule has 0 spiro atoms. The highest BCUT2D eigenvalue weighted by atomic mass is 32.2. The zero-order valence-electron chi connectivity index (χ0n) is 12.3. The van der Waals surface area contributed by atoms with Gasteiger partial charge in [-0.05, 0) is 24.3 Å². The lowest BCUT2D eigenvalue weighted by Crippen LogP contribution is -2.44. The van der Waals surface area contributed by atoms with Crippen molar-refractivity contribution in [2.75, 3.05) is 43.1 Å². The molecule has 0 aliphatic carbocycles. The molecule has 0 saturated carbocycles. The lowest BCUT2D eigenvalue weighted by molar-refractivity contribution is -0.132. The van der Waals surface area contributed by atoms with E-state index in [1.165, 1.54) is 17.0 Å². The van der Waals surface area contributed by atoms with Gasteiger partial charge in [0.05, 0.1) is 13.2 Å². The van der Waals surface area contributed by atoms with E-state index in [2.05, 4.69) is 5.32 Å². The van der Waals surface area contributed by atoms with Crippen molar-refractivity contribution in [1.82, 2.24) is 4.90 Å². The number of carbonyl (C=O) groups excluding carboxylic acids is 2. The van der Waals surface area contributed by atoms with E-state index < -0.39 is 39.0 Å². The molecule has 1 heterocycles. The van der Waals surface area contributed by atoms with Crippen LogP contribution in [-0.2, 0) is 24.2 Å². The molecule has 1 aliphatic rings. The summed E-state index contributed by atoms with van der Waals surface area (Å²) in [6, 6.07) is 4.93. The number of halogens is 1. The zero-order chi connectivity index (χ0) is 16.9. The second-order valence-corrected chi connectivity index (χ2v) is 7.14. The number of nitrogens with one attached hydrogen (secondary N) is 1. The van der Waals surface area contributed by atoms with Crippen molar-refractivity contribution in [3.05, 3.63) is 30.1 Å². The molecule has 1 aliphatic heterocycles. The number of nitrogens with zero attached hydrogens (tertiary/aromatic N) is 1. The van der Waals surface area contributed by atoms with Gasteiger partial charge in [-0.2, -0.15) is 0 Å². The van der Waals surface area contributed by atoms with Gasteiger partial charge in [-0.3, -0.25) is 9.59 Å². The van der Waals surface area contributed by atoms with Gasteiger partial charge >= 0.3 is 0 Å². The van der Waals surface area contributed by atoms with Gasteiger partial charge in [0.25, 0.3) is 0 Å². The van der Waals surface area contributed by atoms with Crippen LogP contribution in [0.25, 0.3) is 0 Å². The standard InChI is InChI=1S/C14H17FN2O5S/c15-11-1-3-12(4-2-11)16-13(18)9-23(20,21)10-14(19)17-5-7-22-8-6-17/h1-4H,5-10H2,(H,16,18). The second kappa shape index (κ2) is 7.51. The number of morpholine rings is 1. The van der Waals surface area contributed by atoms with Crippen LogP contribution in [0.15, 0.2) is 24.3 Å². The van der Waals surface area contributed by atoms with Crippen LogP contribution >= 0.6 is 0 Å². The Morgan fingerprint density at radius 3 is 2.35 bits per heavy atom. The average molecular weight is 344 g/mol. The van der Waals surface area contributed by atoms with Gasteiger partial charge in [-0.1, -0.05) is 0 Å². The summed E-state index contributed by atoms with van der Waals surface area (Å²) in [4.78, 5) is 25.1. The molecule has 1 aromatic rings. The minimum Gasteiger partial charge on any atom is -0.378 e. The predicted octanol–water partition coefficient (Wildman–Crippen LogP) is 0.0378. The van der Waals surface area contributed by atoms with Gasteiger partial charge in [0, 0.05) is 18.8 Å². The number of ether oxygens (including phenoxy) is 1. The molecular formula is C14H17FN2O5S. The molecule has 1 N–H and O–H groups in total. The van der Waals surface area contributed by atoms with Gasteiger partial charge in [0.1, 0.15) is 17.3 Å². The molecule has 0 atom stereocenters. The Hall–Kier alpha value is -2.00. The van der Waals surface area contributed by atoms with E-state index in [1.54, 1.807) is 0 Å². The monoisotopic (exact) mass is 344 g/mol. The molecule has 126 valence electrons. The summed E-state index contributed by atoms with van der Waals surface area (Å²) < 4.78 is 41.7. The third kappa shape index (κ3) is 5.61. The maximum Gasteiger partial charge on any atom is 0.239 e. The minimum absolute atomic E-state index is 0.283. The highest BCUT2D eigenvalue weighted by Gasteiger charge is 2.25. The molecule has 23 heavy (non-hydrogen) atoms. The fourth-order valence-corrected chi connectivity index (χ4v) is 3.21. The summed E-state index contributed by atoms with van der Waals surface area (Å²) in [6.45, 7) is 1.43. The third-order valence-corrected chi connectivity index (χ3v) is 4.57. The van der Waals surface area contributed by atoms with Crippen molar-refractivity contribution in [3.8, 4) is 0 Å². The fraction of sp³-hybridized carbons (Fsp3) is 0.429. The summed E-state index contributed by atoms with van der Waals surface area (Å²) >= 11 is 0. The topological polar surface area (TPSA) is 92.8 Å². The first-order valence-corrected chi connectivity index (χ1v) is 8.79. The van der Waals surface area contributed by atoms with Crippen molar-refractivity contribution in [1.29, 1.82) is 0 Å². The van der Waals surface area contributed by atoms with E-state index in [1.807, 2.05) is 0 Å². The van der Waals surface area contributed by atoms with Gasteiger partial charge in [0.15, 0.2) is 9.84 Å². The molecule has 7 nitrogen and oxygen atoms in total. The Morgan fingerprint density at radius 2 is 1.74 bits per heavy atom. The van der Waals surface area contributed by atoms with Gasteiger partial charge in [-0.25, -0.2) is 12.8 Å². The van der Waals surface area contributed by atoms with Crippen LogP contribution in [0.2, 0.25) is 0 Å². The Labute approximate surface area is 133 Å². The minimum atomic E-state index is -3.88. The Balaban J connectivity index is 1.88. The van der Waals surface area contributed by atoms with Crippen LogP contribution in [0.4, 0.5) is 10.1 Å². The molecule has 0 unspecified atom stereocenters. The van der Waals surface area contributed by atoms with Crippen LogP contribution in [-0.4, -0.2) is 62.9 Å². The van der Waals surface area contributed by atoms with E-state index in [-0.39, 0.29) is 5.69 Å². The number of rotatable bonds is 5. The highest BCUT2D eigenvalue weighted by molar-refractivity contribution is 7.92. The van der Waals surface area contributed by atoms with Crippen LogP contribution in [0.3, 0.4) is 0 Å². The maximum atomic E-state index is 12.8. The second-order valence-electron chi connectivity index (χ2n) is 5.08. The first-order chi connectivity index (χ1) is 10.9. The van der Waals surface area contributed by atoms with E-state index in [0.717, 1.165) is 12.1 Å². The van der Waals surface area contributed by atoms with E-state index in [0.29, 0.717) is 26.3 Å². The van der Waals surface area contributed by atoms with Crippen LogP contribution in [0, 0.1) is 5.82 Å². The number of hydrogen-bond acceptors (Lipinski definition) is 5. The largest absolute Gasteiger partial charge is 0.378 e.